The fraction of sp³-hybridized carbons (Fsp3) is 0.929. The van der Waals surface area contributed by atoms with Crippen LogP contribution in [0.25, 0.3) is 0 Å². The molecule has 33 heavy (non-hydrogen) atoms. The van der Waals surface area contributed by atoms with E-state index < -0.39 is 5.41 Å². The molecule has 0 spiro atoms. The second-order valence-corrected chi connectivity index (χ2v) is 14.1. The molecule has 0 radical (unpaired) electrons. The molecule has 0 unspecified atom stereocenters. The Balaban J connectivity index is 2.12. The van der Waals surface area contributed by atoms with Gasteiger partial charge < -0.3 is 15.4 Å². The molecule has 3 aliphatic heterocycles. The Bertz CT molecular complexity index is 667. The molecule has 0 amide bonds. The topological polar surface area (TPSA) is 67.4 Å². The molecule has 0 aromatic carbocycles. The van der Waals surface area contributed by atoms with E-state index in [9.17, 15) is 9.59 Å². The van der Waals surface area contributed by atoms with Crippen LogP contribution in [-0.4, -0.2) is 34.1 Å². The lowest BCUT2D eigenvalue weighted by atomic mass is 9.52. The van der Waals surface area contributed by atoms with Crippen molar-refractivity contribution in [1.29, 1.82) is 0 Å². The Kier molecular flexibility index (Phi) is 7.48. The van der Waals surface area contributed by atoms with Crippen molar-refractivity contribution in [2.24, 2.45) is 17.3 Å². The number of cyclic esters (lactones) is 2. The average molecular weight is 463 g/mol. The van der Waals surface area contributed by atoms with Gasteiger partial charge in [-0.3, -0.25) is 9.59 Å². The Hall–Kier alpha value is -0.940. The number of nitrogens with one attached hydrogen (secondary N) is 2. The van der Waals surface area contributed by atoms with Gasteiger partial charge in [-0.25, -0.2) is 0 Å². The number of piperidine rings is 2. The molecule has 190 valence electrons. The lowest BCUT2D eigenvalue weighted by molar-refractivity contribution is -0.179. The first-order valence-electron chi connectivity index (χ1n) is 13.4. The summed E-state index contributed by atoms with van der Waals surface area (Å²) in [6.07, 6.45) is 10.0. The standard InChI is InChI=1S/C28H50N2O3/c1-24(2)16-20(17-25(3,4)29-24)28(21-18-26(5,6)30-27(7,8)19-21)15-13-11-9-10-12-14-22(31)33-23(28)32/h20-21,29-30H,9-19H2,1-8H3. The van der Waals surface area contributed by atoms with Gasteiger partial charge in [0.15, 0.2) is 0 Å². The van der Waals surface area contributed by atoms with Crippen LogP contribution in [-0.2, 0) is 14.3 Å². The van der Waals surface area contributed by atoms with Crippen molar-refractivity contribution in [2.45, 2.75) is 148 Å². The first-order valence-corrected chi connectivity index (χ1v) is 13.4. The normalized spacial score (nSPS) is 30.8. The monoisotopic (exact) mass is 462 g/mol. The van der Waals surface area contributed by atoms with Crippen molar-refractivity contribution < 1.29 is 14.3 Å². The summed E-state index contributed by atoms with van der Waals surface area (Å²) in [4.78, 5) is 27.0. The van der Waals surface area contributed by atoms with E-state index in [-0.39, 0.29) is 45.9 Å². The summed E-state index contributed by atoms with van der Waals surface area (Å²) in [5.41, 5.74) is -0.934. The average Bonchev–Trinajstić information content (AvgIpc) is 2.61. The van der Waals surface area contributed by atoms with E-state index in [0.29, 0.717) is 6.42 Å². The smallest absolute Gasteiger partial charge is 0.320 e. The van der Waals surface area contributed by atoms with Crippen molar-refractivity contribution in [1.82, 2.24) is 10.6 Å². The minimum absolute atomic E-state index is 0.0755. The van der Waals surface area contributed by atoms with Crippen LogP contribution < -0.4 is 10.6 Å². The minimum atomic E-state index is -0.632. The first-order chi connectivity index (χ1) is 15.1. The molecule has 0 aromatic rings. The summed E-state index contributed by atoms with van der Waals surface area (Å²) < 4.78 is 5.76. The van der Waals surface area contributed by atoms with Gasteiger partial charge in [0, 0.05) is 28.6 Å². The largest absolute Gasteiger partial charge is 0.393 e. The van der Waals surface area contributed by atoms with Gasteiger partial charge in [0.2, 0.25) is 0 Å². The molecule has 5 nitrogen and oxygen atoms in total. The maximum absolute atomic E-state index is 14.2. The lowest BCUT2D eigenvalue weighted by Gasteiger charge is -2.58. The Labute approximate surface area is 202 Å². The Morgan fingerprint density at radius 1 is 0.636 bits per heavy atom. The zero-order chi connectivity index (χ0) is 24.7. The maximum Gasteiger partial charge on any atom is 0.320 e. The van der Waals surface area contributed by atoms with Crippen LogP contribution in [0.2, 0.25) is 0 Å². The third kappa shape index (κ3) is 6.39. The molecule has 3 heterocycles. The first kappa shape index (κ1) is 26.7. The Morgan fingerprint density at radius 2 is 1.03 bits per heavy atom. The molecule has 0 saturated carbocycles. The number of hydrogen-bond donors (Lipinski definition) is 2. The molecule has 3 rings (SSSR count). The molecule has 5 heteroatoms. The Morgan fingerprint density at radius 3 is 1.48 bits per heavy atom. The molecule has 2 N–H and O–H groups in total. The highest BCUT2D eigenvalue weighted by Gasteiger charge is 2.59. The van der Waals surface area contributed by atoms with Crippen molar-refractivity contribution in [3.05, 3.63) is 0 Å². The van der Waals surface area contributed by atoms with Crippen molar-refractivity contribution >= 4 is 11.9 Å². The highest BCUT2D eigenvalue weighted by Crippen LogP contribution is 2.56. The van der Waals surface area contributed by atoms with E-state index in [1.807, 2.05) is 0 Å². The van der Waals surface area contributed by atoms with Gasteiger partial charge in [0.1, 0.15) is 0 Å². The molecule has 0 aromatic heterocycles. The van der Waals surface area contributed by atoms with Gasteiger partial charge in [0.05, 0.1) is 5.41 Å². The fourth-order valence-electron chi connectivity index (χ4n) is 8.02. The SMILES string of the molecule is CC1(C)CC(C2(C3CC(C)(C)NC(C)(C)C3)CCCCCCCC(=O)OC2=O)CC(C)(C)N1. The molecule has 3 aliphatic rings. The van der Waals surface area contributed by atoms with Crippen LogP contribution in [0.5, 0.6) is 0 Å². The molecule has 0 aliphatic carbocycles. The van der Waals surface area contributed by atoms with Gasteiger partial charge in [-0.1, -0.05) is 25.7 Å². The quantitative estimate of drug-likeness (QED) is 0.395. The minimum Gasteiger partial charge on any atom is -0.393 e. The van der Waals surface area contributed by atoms with Gasteiger partial charge in [-0.2, -0.15) is 0 Å². The molecule has 0 atom stereocenters. The van der Waals surface area contributed by atoms with Crippen LogP contribution >= 0.6 is 0 Å². The van der Waals surface area contributed by atoms with Crippen LogP contribution in [0.1, 0.15) is 126 Å². The third-order valence-electron chi connectivity index (χ3n) is 8.40. The van der Waals surface area contributed by atoms with E-state index >= 15 is 0 Å². The number of esters is 2. The van der Waals surface area contributed by atoms with Gasteiger partial charge in [-0.15, -0.1) is 0 Å². The number of hydrogen-bond acceptors (Lipinski definition) is 5. The number of carbonyl (C=O) groups excluding carboxylic acids is 2. The zero-order valence-electron chi connectivity index (χ0n) is 22.7. The molecular weight excluding hydrogens is 412 g/mol. The van der Waals surface area contributed by atoms with Gasteiger partial charge >= 0.3 is 11.9 Å². The van der Waals surface area contributed by atoms with E-state index in [1.54, 1.807) is 0 Å². The number of carbonyl (C=O) groups is 2. The maximum atomic E-state index is 14.2. The van der Waals surface area contributed by atoms with Crippen molar-refractivity contribution in [3.8, 4) is 0 Å². The second kappa shape index (κ2) is 9.26. The fourth-order valence-corrected chi connectivity index (χ4v) is 8.02. The van der Waals surface area contributed by atoms with E-state index in [2.05, 4.69) is 66.0 Å². The summed E-state index contributed by atoms with van der Waals surface area (Å²) in [5, 5.41) is 7.61. The molecule has 3 fully saturated rings. The van der Waals surface area contributed by atoms with E-state index in [1.165, 1.54) is 0 Å². The molecular formula is C28H50N2O3. The number of ether oxygens (including phenoxy) is 1. The van der Waals surface area contributed by atoms with Gasteiger partial charge in [-0.05, 0) is 106 Å². The van der Waals surface area contributed by atoms with Crippen molar-refractivity contribution in [3.63, 3.8) is 0 Å². The van der Waals surface area contributed by atoms with E-state index in [4.69, 9.17) is 4.74 Å². The molecule has 0 bridgehead atoms. The highest BCUT2D eigenvalue weighted by atomic mass is 16.6. The summed E-state index contributed by atoms with van der Waals surface area (Å²) in [6.45, 7) is 18.1. The predicted molar refractivity (Wildman–Crippen MR) is 134 cm³/mol. The summed E-state index contributed by atoms with van der Waals surface area (Å²) >= 11 is 0. The highest BCUT2D eigenvalue weighted by molar-refractivity contribution is 5.89. The van der Waals surface area contributed by atoms with Crippen LogP contribution in [0.4, 0.5) is 0 Å². The predicted octanol–water partition coefficient (Wildman–Crippen LogP) is 5.90. The van der Waals surface area contributed by atoms with Gasteiger partial charge in [0.25, 0.3) is 0 Å². The zero-order valence-corrected chi connectivity index (χ0v) is 22.7. The van der Waals surface area contributed by atoms with Crippen LogP contribution in [0.3, 0.4) is 0 Å². The van der Waals surface area contributed by atoms with Crippen molar-refractivity contribution in [2.75, 3.05) is 0 Å². The third-order valence-corrected chi connectivity index (χ3v) is 8.40. The van der Waals surface area contributed by atoms with Crippen LogP contribution in [0.15, 0.2) is 0 Å². The van der Waals surface area contributed by atoms with E-state index in [0.717, 1.165) is 64.2 Å². The summed E-state index contributed by atoms with van der Waals surface area (Å²) in [7, 11) is 0. The molecule has 3 saturated heterocycles. The lowest BCUT2D eigenvalue weighted by Crippen LogP contribution is -2.65. The number of rotatable bonds is 2. The summed E-state index contributed by atoms with van der Waals surface area (Å²) in [6, 6.07) is 0. The second-order valence-electron chi connectivity index (χ2n) is 14.1. The summed E-state index contributed by atoms with van der Waals surface area (Å²) in [5.74, 6) is -0.198. The van der Waals surface area contributed by atoms with Crippen LogP contribution in [0, 0.1) is 17.3 Å².